The summed E-state index contributed by atoms with van der Waals surface area (Å²) in [5, 5.41) is 17.4. The summed E-state index contributed by atoms with van der Waals surface area (Å²) >= 11 is 0. The van der Waals surface area contributed by atoms with Crippen molar-refractivity contribution in [2.45, 2.75) is 19.6 Å². The average Bonchev–Trinajstić information content (AvgIpc) is 2.51. The minimum absolute atomic E-state index is 0.254. The number of nitrogens with one attached hydrogen (secondary N) is 2. The SMILES string of the molecule is C[C@H](O)C(=O)NCc1ncn[nH]1. The Morgan fingerprint density at radius 3 is 3.17 bits per heavy atom. The predicted molar refractivity (Wildman–Crippen MR) is 39.9 cm³/mol. The van der Waals surface area contributed by atoms with Crippen molar-refractivity contribution in [3.8, 4) is 0 Å². The third-order valence-corrected chi connectivity index (χ3v) is 1.27. The van der Waals surface area contributed by atoms with Gasteiger partial charge < -0.3 is 10.4 Å². The summed E-state index contributed by atoms with van der Waals surface area (Å²) in [6.07, 6.45) is 0.358. The predicted octanol–water partition coefficient (Wildman–Crippen LogP) is -1.20. The lowest BCUT2D eigenvalue weighted by Gasteiger charge is -2.03. The number of carbonyl (C=O) groups excluding carboxylic acids is 1. The van der Waals surface area contributed by atoms with E-state index in [0.29, 0.717) is 5.82 Å². The Morgan fingerprint density at radius 1 is 1.92 bits per heavy atom. The summed E-state index contributed by atoms with van der Waals surface area (Å²) in [5.74, 6) is 0.135. The number of aliphatic hydroxyl groups excluding tert-OH is 1. The molecule has 0 unspecified atom stereocenters. The monoisotopic (exact) mass is 170 g/mol. The molecule has 6 nitrogen and oxygen atoms in total. The van der Waals surface area contributed by atoms with E-state index in [1.165, 1.54) is 13.3 Å². The van der Waals surface area contributed by atoms with E-state index in [4.69, 9.17) is 5.11 Å². The number of carbonyl (C=O) groups is 1. The molecule has 0 aromatic carbocycles. The summed E-state index contributed by atoms with van der Waals surface area (Å²) in [7, 11) is 0. The molecule has 0 spiro atoms. The highest BCUT2D eigenvalue weighted by Gasteiger charge is 2.07. The fraction of sp³-hybridized carbons (Fsp3) is 0.500. The van der Waals surface area contributed by atoms with Crippen LogP contribution in [0.1, 0.15) is 12.7 Å². The molecule has 0 fully saturated rings. The average molecular weight is 170 g/mol. The number of aliphatic hydroxyl groups is 1. The van der Waals surface area contributed by atoms with Gasteiger partial charge in [0.2, 0.25) is 5.91 Å². The van der Waals surface area contributed by atoms with Crippen molar-refractivity contribution in [2.75, 3.05) is 0 Å². The first-order chi connectivity index (χ1) is 5.70. The zero-order valence-corrected chi connectivity index (χ0v) is 6.61. The Labute approximate surface area is 69.0 Å². The quantitative estimate of drug-likeness (QED) is 0.531. The Hall–Kier alpha value is -1.43. The molecule has 1 heterocycles. The first-order valence-electron chi connectivity index (χ1n) is 3.50. The molecule has 0 aliphatic rings. The molecule has 1 atom stereocenters. The fourth-order valence-electron chi connectivity index (χ4n) is 0.635. The summed E-state index contributed by atoms with van der Waals surface area (Å²) in [5.41, 5.74) is 0. The number of hydrogen-bond donors (Lipinski definition) is 3. The van der Waals surface area contributed by atoms with Gasteiger partial charge in [0.15, 0.2) is 0 Å². The number of amides is 1. The van der Waals surface area contributed by atoms with Gasteiger partial charge in [0.05, 0.1) is 6.54 Å². The maximum Gasteiger partial charge on any atom is 0.248 e. The van der Waals surface area contributed by atoms with E-state index >= 15 is 0 Å². The topological polar surface area (TPSA) is 90.9 Å². The van der Waals surface area contributed by atoms with Crippen LogP contribution in [-0.4, -0.2) is 32.3 Å². The van der Waals surface area contributed by atoms with Crippen LogP contribution in [0.4, 0.5) is 0 Å². The number of hydrogen-bond acceptors (Lipinski definition) is 4. The van der Waals surface area contributed by atoms with Crippen LogP contribution in [-0.2, 0) is 11.3 Å². The van der Waals surface area contributed by atoms with Crippen molar-refractivity contribution in [1.82, 2.24) is 20.5 Å². The van der Waals surface area contributed by atoms with E-state index in [0.717, 1.165) is 0 Å². The van der Waals surface area contributed by atoms with Gasteiger partial charge in [-0.3, -0.25) is 9.89 Å². The lowest BCUT2D eigenvalue weighted by molar-refractivity contribution is -0.128. The smallest absolute Gasteiger partial charge is 0.248 e. The van der Waals surface area contributed by atoms with E-state index in [1.807, 2.05) is 0 Å². The Balaban J connectivity index is 2.32. The van der Waals surface area contributed by atoms with Crippen molar-refractivity contribution in [1.29, 1.82) is 0 Å². The lowest BCUT2D eigenvalue weighted by Crippen LogP contribution is -2.32. The molecule has 1 aromatic rings. The molecule has 0 saturated carbocycles. The molecule has 0 bridgehead atoms. The van der Waals surface area contributed by atoms with Crippen molar-refractivity contribution < 1.29 is 9.90 Å². The van der Waals surface area contributed by atoms with E-state index in [9.17, 15) is 4.79 Å². The molecule has 66 valence electrons. The summed E-state index contributed by atoms with van der Waals surface area (Å²) in [6, 6.07) is 0. The normalized spacial score (nSPS) is 12.5. The van der Waals surface area contributed by atoms with Crippen molar-refractivity contribution in [3.63, 3.8) is 0 Å². The largest absolute Gasteiger partial charge is 0.384 e. The maximum absolute atomic E-state index is 10.8. The highest BCUT2D eigenvalue weighted by Crippen LogP contribution is 1.85. The summed E-state index contributed by atoms with van der Waals surface area (Å²) in [6.45, 7) is 1.65. The van der Waals surface area contributed by atoms with E-state index in [-0.39, 0.29) is 6.54 Å². The maximum atomic E-state index is 10.8. The van der Waals surface area contributed by atoms with Gasteiger partial charge in [-0.05, 0) is 6.92 Å². The second-order valence-electron chi connectivity index (χ2n) is 2.33. The van der Waals surface area contributed by atoms with E-state index in [1.54, 1.807) is 0 Å². The second kappa shape index (κ2) is 3.82. The number of H-pyrrole nitrogens is 1. The van der Waals surface area contributed by atoms with Crippen LogP contribution in [0.2, 0.25) is 0 Å². The Kier molecular flexibility index (Phi) is 2.76. The van der Waals surface area contributed by atoms with Crippen LogP contribution >= 0.6 is 0 Å². The first kappa shape index (κ1) is 8.66. The standard InChI is InChI=1S/C6H10N4O2/c1-4(11)6(12)7-2-5-8-3-9-10-5/h3-4,11H,2H2,1H3,(H,7,12)(H,8,9,10)/t4-/m0/s1. The van der Waals surface area contributed by atoms with Crippen LogP contribution in [0.25, 0.3) is 0 Å². The molecule has 0 radical (unpaired) electrons. The Morgan fingerprint density at radius 2 is 2.67 bits per heavy atom. The van der Waals surface area contributed by atoms with Crippen LogP contribution in [0, 0.1) is 0 Å². The molecule has 6 heteroatoms. The van der Waals surface area contributed by atoms with Crippen LogP contribution in [0.15, 0.2) is 6.33 Å². The van der Waals surface area contributed by atoms with Gasteiger partial charge in [0.25, 0.3) is 0 Å². The molecule has 3 N–H and O–H groups in total. The number of aromatic amines is 1. The second-order valence-corrected chi connectivity index (χ2v) is 2.33. The molecule has 1 rings (SSSR count). The molecule has 1 amide bonds. The van der Waals surface area contributed by atoms with Crippen molar-refractivity contribution in [3.05, 3.63) is 12.2 Å². The van der Waals surface area contributed by atoms with Gasteiger partial charge in [0.1, 0.15) is 18.3 Å². The fourth-order valence-corrected chi connectivity index (χ4v) is 0.635. The van der Waals surface area contributed by atoms with Crippen molar-refractivity contribution in [2.24, 2.45) is 0 Å². The number of aromatic nitrogens is 3. The summed E-state index contributed by atoms with van der Waals surface area (Å²) in [4.78, 5) is 14.6. The summed E-state index contributed by atoms with van der Waals surface area (Å²) < 4.78 is 0. The zero-order chi connectivity index (χ0) is 8.97. The van der Waals surface area contributed by atoms with Crippen LogP contribution in [0.3, 0.4) is 0 Å². The van der Waals surface area contributed by atoms with Gasteiger partial charge in [-0.2, -0.15) is 5.10 Å². The highest BCUT2D eigenvalue weighted by molar-refractivity contribution is 5.79. The number of rotatable bonds is 3. The third kappa shape index (κ3) is 2.31. The molecule has 0 saturated heterocycles. The van der Waals surface area contributed by atoms with Gasteiger partial charge in [-0.1, -0.05) is 0 Å². The lowest BCUT2D eigenvalue weighted by atomic mass is 10.4. The minimum atomic E-state index is -0.993. The van der Waals surface area contributed by atoms with E-state index in [2.05, 4.69) is 20.5 Å². The van der Waals surface area contributed by atoms with E-state index < -0.39 is 12.0 Å². The minimum Gasteiger partial charge on any atom is -0.384 e. The van der Waals surface area contributed by atoms with Crippen LogP contribution in [0.5, 0.6) is 0 Å². The number of nitrogens with zero attached hydrogens (tertiary/aromatic N) is 2. The first-order valence-corrected chi connectivity index (χ1v) is 3.50. The molecular weight excluding hydrogens is 160 g/mol. The highest BCUT2D eigenvalue weighted by atomic mass is 16.3. The molecular formula is C6H10N4O2. The molecule has 1 aromatic heterocycles. The van der Waals surface area contributed by atoms with Gasteiger partial charge in [-0.25, -0.2) is 4.98 Å². The van der Waals surface area contributed by atoms with Crippen LogP contribution < -0.4 is 5.32 Å². The van der Waals surface area contributed by atoms with Gasteiger partial charge in [-0.15, -0.1) is 0 Å². The molecule has 12 heavy (non-hydrogen) atoms. The third-order valence-electron chi connectivity index (χ3n) is 1.27. The van der Waals surface area contributed by atoms with Gasteiger partial charge in [0, 0.05) is 0 Å². The Bertz CT molecular complexity index is 244. The van der Waals surface area contributed by atoms with Crippen molar-refractivity contribution >= 4 is 5.91 Å². The molecule has 0 aliphatic heterocycles. The van der Waals surface area contributed by atoms with Gasteiger partial charge >= 0.3 is 0 Å². The zero-order valence-electron chi connectivity index (χ0n) is 6.61. The molecule has 0 aliphatic carbocycles.